The van der Waals surface area contributed by atoms with Crippen LogP contribution in [0, 0.1) is 13.8 Å². The van der Waals surface area contributed by atoms with Gasteiger partial charge in [-0.25, -0.2) is 0 Å². The minimum atomic E-state index is -0.736. The zero-order chi connectivity index (χ0) is 12.4. The molecule has 0 amide bonds. The lowest BCUT2D eigenvalue weighted by molar-refractivity contribution is -0.143. The first-order chi connectivity index (χ1) is 8.09. The van der Waals surface area contributed by atoms with E-state index in [2.05, 4.69) is 4.90 Å². The number of rotatable bonds is 3. The van der Waals surface area contributed by atoms with Crippen molar-refractivity contribution in [3.05, 3.63) is 34.9 Å². The molecule has 1 aromatic carbocycles. The molecule has 0 spiro atoms. The van der Waals surface area contributed by atoms with Gasteiger partial charge in [-0.15, -0.1) is 0 Å². The Morgan fingerprint density at radius 2 is 1.94 bits per heavy atom. The fourth-order valence-electron chi connectivity index (χ4n) is 2.54. The molecule has 1 fully saturated rings. The Morgan fingerprint density at radius 1 is 1.29 bits per heavy atom. The molecule has 0 aliphatic carbocycles. The molecule has 0 radical (unpaired) electrons. The smallest absolute Gasteiger partial charge is 0.325 e. The second-order valence-corrected chi connectivity index (χ2v) is 4.84. The van der Waals surface area contributed by atoms with Crippen molar-refractivity contribution in [3.63, 3.8) is 0 Å². The van der Waals surface area contributed by atoms with E-state index in [1.54, 1.807) is 0 Å². The van der Waals surface area contributed by atoms with Crippen LogP contribution in [0.25, 0.3) is 0 Å². The molecule has 1 atom stereocenters. The van der Waals surface area contributed by atoms with Crippen LogP contribution in [0.1, 0.15) is 35.6 Å². The van der Waals surface area contributed by atoms with Gasteiger partial charge in [0, 0.05) is 0 Å². The summed E-state index contributed by atoms with van der Waals surface area (Å²) in [4.78, 5) is 13.6. The highest BCUT2D eigenvalue weighted by atomic mass is 16.4. The number of benzene rings is 1. The van der Waals surface area contributed by atoms with E-state index in [0.717, 1.165) is 42.6 Å². The zero-order valence-electron chi connectivity index (χ0n) is 10.4. The first-order valence-corrected chi connectivity index (χ1v) is 6.13. The van der Waals surface area contributed by atoms with Crippen molar-refractivity contribution in [2.45, 2.75) is 32.7 Å². The van der Waals surface area contributed by atoms with Crippen molar-refractivity contribution >= 4 is 5.97 Å². The van der Waals surface area contributed by atoms with Crippen LogP contribution in [0.2, 0.25) is 0 Å². The Morgan fingerprint density at radius 3 is 2.53 bits per heavy atom. The van der Waals surface area contributed by atoms with Crippen molar-refractivity contribution in [1.82, 2.24) is 4.90 Å². The molecule has 3 heteroatoms. The lowest BCUT2D eigenvalue weighted by Crippen LogP contribution is -2.32. The van der Waals surface area contributed by atoms with Gasteiger partial charge in [0.1, 0.15) is 6.04 Å². The third kappa shape index (κ3) is 2.50. The van der Waals surface area contributed by atoms with E-state index in [-0.39, 0.29) is 0 Å². The largest absolute Gasteiger partial charge is 0.480 e. The molecule has 0 aromatic heterocycles. The van der Waals surface area contributed by atoms with Crippen LogP contribution in [-0.4, -0.2) is 29.1 Å². The summed E-state index contributed by atoms with van der Waals surface area (Å²) in [7, 11) is 0. The number of nitrogens with zero attached hydrogens (tertiary/aromatic N) is 1. The molecule has 0 bridgehead atoms. The average molecular weight is 233 g/mol. The van der Waals surface area contributed by atoms with Crippen molar-refractivity contribution in [2.75, 3.05) is 13.1 Å². The predicted molar refractivity (Wildman–Crippen MR) is 67.1 cm³/mol. The Kier molecular flexibility index (Phi) is 3.48. The SMILES string of the molecule is Cc1ccc(C)c(C(C(=O)O)N2CCCC2)c1. The number of aliphatic carboxylic acids is 1. The van der Waals surface area contributed by atoms with E-state index < -0.39 is 12.0 Å². The topological polar surface area (TPSA) is 40.5 Å². The highest BCUT2D eigenvalue weighted by Gasteiger charge is 2.30. The standard InChI is InChI=1S/C14H19NO2/c1-10-5-6-11(2)12(9-10)13(14(16)17)15-7-3-4-8-15/h5-6,9,13H,3-4,7-8H2,1-2H3,(H,16,17). The Labute approximate surface area is 102 Å². The number of aryl methyl sites for hydroxylation is 2. The molecule has 1 saturated heterocycles. The number of hydrogen-bond donors (Lipinski definition) is 1. The van der Waals surface area contributed by atoms with Crippen molar-refractivity contribution < 1.29 is 9.90 Å². The van der Waals surface area contributed by atoms with E-state index in [9.17, 15) is 9.90 Å². The van der Waals surface area contributed by atoms with E-state index in [0.29, 0.717) is 0 Å². The van der Waals surface area contributed by atoms with E-state index in [1.807, 2.05) is 32.0 Å². The Bertz CT molecular complexity index is 422. The lowest BCUT2D eigenvalue weighted by atomic mass is 9.98. The molecule has 17 heavy (non-hydrogen) atoms. The molecule has 1 aliphatic rings. The van der Waals surface area contributed by atoms with Crippen LogP contribution in [-0.2, 0) is 4.79 Å². The molecule has 1 aromatic rings. The van der Waals surface area contributed by atoms with Crippen molar-refractivity contribution in [3.8, 4) is 0 Å². The number of carboxylic acids is 1. The molecular formula is C14H19NO2. The number of carboxylic acid groups (broad SMARTS) is 1. The fraction of sp³-hybridized carbons (Fsp3) is 0.500. The van der Waals surface area contributed by atoms with Gasteiger partial charge in [0.2, 0.25) is 0 Å². The predicted octanol–water partition coefficient (Wildman–Crippen LogP) is 2.52. The summed E-state index contributed by atoms with van der Waals surface area (Å²) in [6, 6.07) is 5.57. The van der Waals surface area contributed by atoms with Crippen LogP contribution < -0.4 is 0 Å². The number of carbonyl (C=O) groups is 1. The summed E-state index contributed by atoms with van der Waals surface area (Å²) in [5.74, 6) is -0.736. The maximum atomic E-state index is 11.5. The summed E-state index contributed by atoms with van der Waals surface area (Å²) < 4.78 is 0. The molecule has 1 unspecified atom stereocenters. The second-order valence-electron chi connectivity index (χ2n) is 4.84. The van der Waals surface area contributed by atoms with Crippen LogP contribution in [0.3, 0.4) is 0 Å². The van der Waals surface area contributed by atoms with Gasteiger partial charge < -0.3 is 5.11 Å². The van der Waals surface area contributed by atoms with Crippen LogP contribution in [0.4, 0.5) is 0 Å². The van der Waals surface area contributed by atoms with Gasteiger partial charge in [0.15, 0.2) is 0 Å². The zero-order valence-corrected chi connectivity index (χ0v) is 10.4. The van der Waals surface area contributed by atoms with E-state index >= 15 is 0 Å². The molecular weight excluding hydrogens is 214 g/mol. The maximum Gasteiger partial charge on any atom is 0.325 e. The van der Waals surface area contributed by atoms with Crippen LogP contribution >= 0.6 is 0 Å². The van der Waals surface area contributed by atoms with Gasteiger partial charge in [-0.1, -0.05) is 23.8 Å². The minimum absolute atomic E-state index is 0.475. The monoisotopic (exact) mass is 233 g/mol. The normalized spacial score (nSPS) is 18.2. The minimum Gasteiger partial charge on any atom is -0.480 e. The van der Waals surface area contributed by atoms with Crippen molar-refractivity contribution in [1.29, 1.82) is 0 Å². The van der Waals surface area contributed by atoms with Gasteiger partial charge in [0.05, 0.1) is 0 Å². The molecule has 1 aliphatic heterocycles. The lowest BCUT2D eigenvalue weighted by Gasteiger charge is -2.25. The summed E-state index contributed by atoms with van der Waals surface area (Å²) in [6.45, 7) is 5.78. The Balaban J connectivity index is 2.37. The van der Waals surface area contributed by atoms with Crippen LogP contribution in [0.5, 0.6) is 0 Å². The van der Waals surface area contributed by atoms with Crippen molar-refractivity contribution in [2.24, 2.45) is 0 Å². The van der Waals surface area contributed by atoms with Crippen LogP contribution in [0.15, 0.2) is 18.2 Å². The van der Waals surface area contributed by atoms with Gasteiger partial charge in [-0.05, 0) is 50.9 Å². The third-order valence-corrected chi connectivity index (χ3v) is 3.47. The van der Waals surface area contributed by atoms with Gasteiger partial charge in [0.25, 0.3) is 0 Å². The molecule has 92 valence electrons. The number of likely N-dealkylation sites (tertiary alicyclic amines) is 1. The average Bonchev–Trinajstić information content (AvgIpc) is 2.76. The summed E-state index contributed by atoms with van der Waals surface area (Å²) in [6.07, 6.45) is 2.21. The maximum absolute atomic E-state index is 11.5. The number of hydrogen-bond acceptors (Lipinski definition) is 2. The molecule has 0 saturated carbocycles. The first-order valence-electron chi connectivity index (χ1n) is 6.13. The van der Waals surface area contributed by atoms with Gasteiger partial charge >= 0.3 is 5.97 Å². The fourth-order valence-corrected chi connectivity index (χ4v) is 2.54. The second kappa shape index (κ2) is 4.88. The first kappa shape index (κ1) is 12.1. The van der Waals surface area contributed by atoms with Gasteiger partial charge in [-0.3, -0.25) is 9.69 Å². The quantitative estimate of drug-likeness (QED) is 0.872. The molecule has 2 rings (SSSR count). The molecule has 1 N–H and O–H groups in total. The Hall–Kier alpha value is -1.35. The summed E-state index contributed by atoms with van der Waals surface area (Å²) in [5, 5.41) is 9.46. The molecule has 3 nitrogen and oxygen atoms in total. The van der Waals surface area contributed by atoms with E-state index in [4.69, 9.17) is 0 Å². The summed E-state index contributed by atoms with van der Waals surface area (Å²) >= 11 is 0. The van der Waals surface area contributed by atoms with E-state index in [1.165, 1.54) is 0 Å². The summed E-state index contributed by atoms with van der Waals surface area (Å²) in [5.41, 5.74) is 3.13. The highest BCUT2D eigenvalue weighted by molar-refractivity contribution is 5.76. The van der Waals surface area contributed by atoms with Gasteiger partial charge in [-0.2, -0.15) is 0 Å². The highest BCUT2D eigenvalue weighted by Crippen LogP contribution is 2.28. The third-order valence-electron chi connectivity index (χ3n) is 3.47. The molecule has 1 heterocycles.